The number of aromatic nitrogens is 2. The van der Waals surface area contributed by atoms with Crippen molar-refractivity contribution in [1.29, 1.82) is 0 Å². The predicted molar refractivity (Wildman–Crippen MR) is 83.5 cm³/mol. The molecule has 2 aromatic rings. The first kappa shape index (κ1) is 16.0. The number of nitrogens with zero attached hydrogens (tertiary/aromatic N) is 4. The van der Waals surface area contributed by atoms with Gasteiger partial charge in [0.2, 0.25) is 0 Å². The molecule has 0 bridgehead atoms. The summed E-state index contributed by atoms with van der Waals surface area (Å²) in [6, 6.07) is 4.53. The standard InChI is InChI=1S/C16H19F3N4/c1-22(2)11-5-4-8-23(9-11)15-12-6-3-7-13(16(17,18)19)14(12)20-10-21-15/h3,6-7,10-11H,4-5,8-9H2,1-2H3. The molecule has 124 valence electrons. The lowest BCUT2D eigenvalue weighted by atomic mass is 10.0. The molecule has 7 heteroatoms. The molecular weight excluding hydrogens is 305 g/mol. The summed E-state index contributed by atoms with van der Waals surface area (Å²) in [5.41, 5.74) is -0.739. The molecule has 0 spiro atoms. The monoisotopic (exact) mass is 324 g/mol. The summed E-state index contributed by atoms with van der Waals surface area (Å²) in [6.07, 6.45) is -1.11. The molecule has 1 aliphatic rings. The minimum atomic E-state index is -4.42. The SMILES string of the molecule is CN(C)C1CCCN(c2ncnc3c(C(F)(F)F)cccc23)C1. The van der Waals surface area contributed by atoms with E-state index in [1.54, 1.807) is 6.07 Å². The maximum absolute atomic E-state index is 13.2. The smallest absolute Gasteiger partial charge is 0.354 e. The van der Waals surface area contributed by atoms with Gasteiger partial charge in [0.1, 0.15) is 12.1 Å². The van der Waals surface area contributed by atoms with Crippen LogP contribution in [0.3, 0.4) is 0 Å². The molecule has 3 rings (SSSR count). The highest BCUT2D eigenvalue weighted by Crippen LogP contribution is 2.36. The summed E-state index contributed by atoms with van der Waals surface area (Å²) in [6.45, 7) is 1.56. The summed E-state index contributed by atoms with van der Waals surface area (Å²) in [5.74, 6) is 0.590. The number of anilines is 1. The van der Waals surface area contributed by atoms with E-state index in [9.17, 15) is 13.2 Å². The fraction of sp³-hybridized carbons (Fsp3) is 0.500. The minimum Gasteiger partial charge on any atom is -0.354 e. The Labute approximate surface area is 132 Å². The fourth-order valence-electron chi connectivity index (χ4n) is 3.12. The summed E-state index contributed by atoms with van der Waals surface area (Å²) >= 11 is 0. The topological polar surface area (TPSA) is 32.3 Å². The molecule has 1 fully saturated rings. The number of halogens is 3. The van der Waals surface area contributed by atoms with Gasteiger partial charge in [-0.15, -0.1) is 0 Å². The Bertz CT molecular complexity index is 699. The zero-order chi connectivity index (χ0) is 16.6. The van der Waals surface area contributed by atoms with Gasteiger partial charge >= 0.3 is 6.18 Å². The highest BCUT2D eigenvalue weighted by atomic mass is 19.4. The molecule has 1 saturated heterocycles. The van der Waals surface area contributed by atoms with Gasteiger partial charge in [0, 0.05) is 24.5 Å². The molecule has 4 nitrogen and oxygen atoms in total. The highest BCUT2D eigenvalue weighted by molar-refractivity contribution is 5.91. The van der Waals surface area contributed by atoms with E-state index in [-0.39, 0.29) is 5.52 Å². The summed E-state index contributed by atoms with van der Waals surface area (Å²) in [7, 11) is 4.04. The first-order valence-corrected chi connectivity index (χ1v) is 7.60. The number of rotatable bonds is 2. The molecular formula is C16H19F3N4. The highest BCUT2D eigenvalue weighted by Gasteiger charge is 2.34. The van der Waals surface area contributed by atoms with E-state index in [1.807, 2.05) is 14.1 Å². The van der Waals surface area contributed by atoms with Gasteiger partial charge in [-0.2, -0.15) is 13.2 Å². The van der Waals surface area contributed by atoms with Gasteiger partial charge in [-0.1, -0.05) is 6.07 Å². The second-order valence-electron chi connectivity index (χ2n) is 6.10. The van der Waals surface area contributed by atoms with Crippen molar-refractivity contribution in [1.82, 2.24) is 14.9 Å². The number of alkyl halides is 3. The molecule has 23 heavy (non-hydrogen) atoms. The van der Waals surface area contributed by atoms with E-state index in [2.05, 4.69) is 19.8 Å². The first-order chi connectivity index (χ1) is 10.9. The van der Waals surface area contributed by atoms with Crippen LogP contribution in [0.2, 0.25) is 0 Å². The number of benzene rings is 1. The lowest BCUT2D eigenvalue weighted by Crippen LogP contribution is -2.45. The third kappa shape index (κ3) is 3.10. The normalized spacial score (nSPS) is 19.6. The Kier molecular flexibility index (Phi) is 4.14. The van der Waals surface area contributed by atoms with E-state index in [1.165, 1.54) is 12.4 Å². The third-order valence-electron chi connectivity index (χ3n) is 4.38. The van der Waals surface area contributed by atoms with Crippen LogP contribution >= 0.6 is 0 Å². The third-order valence-corrected chi connectivity index (χ3v) is 4.38. The first-order valence-electron chi connectivity index (χ1n) is 7.60. The molecule has 1 aromatic carbocycles. The fourth-order valence-corrected chi connectivity index (χ4v) is 3.12. The van der Waals surface area contributed by atoms with Crippen LogP contribution < -0.4 is 4.90 Å². The van der Waals surface area contributed by atoms with Crippen molar-refractivity contribution in [2.45, 2.75) is 25.1 Å². The van der Waals surface area contributed by atoms with Crippen LogP contribution in [-0.2, 0) is 6.18 Å². The van der Waals surface area contributed by atoms with E-state index in [4.69, 9.17) is 0 Å². The predicted octanol–water partition coefficient (Wildman–Crippen LogP) is 3.18. The summed E-state index contributed by atoms with van der Waals surface area (Å²) in [5, 5.41) is 0.460. The lowest BCUT2D eigenvalue weighted by molar-refractivity contribution is -0.136. The second kappa shape index (κ2) is 5.96. The van der Waals surface area contributed by atoms with E-state index in [0.717, 1.165) is 32.0 Å². The molecule has 0 N–H and O–H groups in total. The largest absolute Gasteiger partial charge is 0.418 e. The van der Waals surface area contributed by atoms with Crippen LogP contribution in [0.5, 0.6) is 0 Å². The van der Waals surface area contributed by atoms with Gasteiger partial charge in [0.05, 0.1) is 11.1 Å². The molecule has 0 aliphatic carbocycles. The van der Waals surface area contributed by atoms with Crippen LogP contribution in [0.15, 0.2) is 24.5 Å². The van der Waals surface area contributed by atoms with Crippen molar-refractivity contribution in [2.75, 3.05) is 32.1 Å². The number of para-hydroxylation sites is 1. The summed E-state index contributed by atoms with van der Waals surface area (Å²) < 4.78 is 39.5. The minimum absolute atomic E-state index is 0.0306. The van der Waals surface area contributed by atoms with Crippen LogP contribution in [-0.4, -0.2) is 48.1 Å². The number of hydrogen-bond donors (Lipinski definition) is 0. The number of fused-ring (bicyclic) bond motifs is 1. The van der Waals surface area contributed by atoms with Crippen LogP contribution in [0.25, 0.3) is 10.9 Å². The van der Waals surface area contributed by atoms with Gasteiger partial charge in [-0.05, 0) is 39.1 Å². The van der Waals surface area contributed by atoms with E-state index < -0.39 is 11.7 Å². The molecule has 0 radical (unpaired) electrons. The molecule has 1 aromatic heterocycles. The van der Waals surface area contributed by atoms with Crippen LogP contribution in [0, 0.1) is 0 Å². The van der Waals surface area contributed by atoms with E-state index >= 15 is 0 Å². The molecule has 1 unspecified atom stereocenters. The Hall–Kier alpha value is -1.89. The Balaban J connectivity index is 2.05. The Morgan fingerprint density at radius 2 is 2.00 bits per heavy atom. The summed E-state index contributed by atoms with van der Waals surface area (Å²) in [4.78, 5) is 12.4. The zero-order valence-electron chi connectivity index (χ0n) is 13.1. The number of piperidine rings is 1. The van der Waals surface area contributed by atoms with Crippen LogP contribution in [0.4, 0.5) is 19.0 Å². The van der Waals surface area contributed by atoms with Crippen molar-refractivity contribution < 1.29 is 13.2 Å². The van der Waals surface area contributed by atoms with Gasteiger partial charge in [0.25, 0.3) is 0 Å². The molecule has 1 atom stereocenters. The average Bonchev–Trinajstić information content (AvgIpc) is 2.53. The van der Waals surface area contributed by atoms with Crippen molar-refractivity contribution in [3.63, 3.8) is 0 Å². The molecule has 1 aliphatic heterocycles. The lowest BCUT2D eigenvalue weighted by Gasteiger charge is -2.37. The number of hydrogen-bond acceptors (Lipinski definition) is 4. The van der Waals surface area contributed by atoms with Crippen molar-refractivity contribution in [2.24, 2.45) is 0 Å². The number of likely N-dealkylation sites (N-methyl/N-ethyl adjacent to an activating group) is 1. The zero-order valence-corrected chi connectivity index (χ0v) is 13.1. The van der Waals surface area contributed by atoms with Crippen molar-refractivity contribution >= 4 is 16.7 Å². The van der Waals surface area contributed by atoms with Gasteiger partial charge < -0.3 is 9.80 Å². The van der Waals surface area contributed by atoms with E-state index in [0.29, 0.717) is 17.2 Å². The van der Waals surface area contributed by atoms with Gasteiger partial charge in [0.15, 0.2) is 0 Å². The molecule has 2 heterocycles. The Morgan fingerprint density at radius 3 is 2.70 bits per heavy atom. The Morgan fingerprint density at radius 1 is 1.22 bits per heavy atom. The van der Waals surface area contributed by atoms with Crippen LogP contribution in [0.1, 0.15) is 18.4 Å². The molecule has 0 amide bonds. The van der Waals surface area contributed by atoms with Crippen molar-refractivity contribution in [3.05, 3.63) is 30.1 Å². The average molecular weight is 324 g/mol. The van der Waals surface area contributed by atoms with Gasteiger partial charge in [-0.25, -0.2) is 9.97 Å². The van der Waals surface area contributed by atoms with Crippen molar-refractivity contribution in [3.8, 4) is 0 Å². The second-order valence-corrected chi connectivity index (χ2v) is 6.10. The maximum Gasteiger partial charge on any atom is 0.418 e. The van der Waals surface area contributed by atoms with Gasteiger partial charge in [-0.3, -0.25) is 0 Å². The molecule has 0 saturated carbocycles. The quantitative estimate of drug-likeness (QED) is 0.849. The maximum atomic E-state index is 13.2.